The van der Waals surface area contributed by atoms with Crippen molar-refractivity contribution in [3.63, 3.8) is 0 Å². The van der Waals surface area contributed by atoms with Crippen LogP contribution < -0.4 is 4.90 Å². The number of aliphatic imine (C=N–C) groups is 1. The number of likely N-dealkylation sites (N-methyl/N-ethyl adjacent to an activating group) is 1. The number of ether oxygens (including phenoxy) is 1. The first kappa shape index (κ1) is 25.0. The van der Waals surface area contributed by atoms with Gasteiger partial charge in [-0.3, -0.25) is 9.69 Å². The Bertz CT molecular complexity index is 1440. The summed E-state index contributed by atoms with van der Waals surface area (Å²) in [5.41, 5.74) is 8.16. The second kappa shape index (κ2) is 10.8. The van der Waals surface area contributed by atoms with E-state index in [1.54, 1.807) is 11.0 Å². The molecule has 1 aliphatic rings. The summed E-state index contributed by atoms with van der Waals surface area (Å²) in [7, 11) is 0. The fourth-order valence-corrected chi connectivity index (χ4v) is 4.79. The minimum Gasteiger partial charge on any atom is -0.419 e. The van der Waals surface area contributed by atoms with E-state index in [1.165, 1.54) is 5.56 Å². The van der Waals surface area contributed by atoms with Crippen LogP contribution in [0.25, 0.3) is 6.08 Å². The topological polar surface area (TPSA) is 45.1 Å². The predicted molar refractivity (Wildman–Crippen MR) is 155 cm³/mol. The molecule has 1 aliphatic heterocycles. The molecule has 1 amide bonds. The van der Waals surface area contributed by atoms with Crippen molar-refractivity contribution in [3.05, 3.63) is 125 Å². The van der Waals surface area contributed by atoms with Crippen LogP contribution in [0.15, 0.2) is 108 Å². The Morgan fingerprint density at radius 3 is 1.84 bits per heavy atom. The van der Waals surface area contributed by atoms with Crippen LogP contribution in [0, 0.1) is 20.8 Å². The number of rotatable bonds is 6. The summed E-state index contributed by atoms with van der Waals surface area (Å²) >= 11 is 0. The molecule has 5 heteroatoms. The Hall–Kier alpha value is -4.64. The van der Waals surface area contributed by atoms with Gasteiger partial charge in [0.05, 0.1) is 5.69 Å². The molecule has 38 heavy (non-hydrogen) atoms. The number of hydrogen-bond donors (Lipinski definition) is 0. The molecule has 0 radical (unpaired) electrons. The molecule has 1 fully saturated rings. The summed E-state index contributed by atoms with van der Waals surface area (Å²) in [6.45, 7) is 8.51. The van der Waals surface area contributed by atoms with Crippen molar-refractivity contribution in [2.75, 3.05) is 11.4 Å². The lowest BCUT2D eigenvalue weighted by molar-refractivity contribution is -0.122. The lowest BCUT2D eigenvalue weighted by Crippen LogP contribution is -2.29. The highest BCUT2D eigenvalue weighted by molar-refractivity contribution is 6.11. The van der Waals surface area contributed by atoms with E-state index >= 15 is 0 Å². The van der Waals surface area contributed by atoms with Crippen LogP contribution in [-0.4, -0.2) is 23.4 Å². The standard InChI is InChI=1S/C33H31N3O2/c1-5-35-32(37)30(38-33(35)34-31-24(3)20-23(2)21-25(31)4)22-26-16-18-29(19-17-26)36(27-12-8-6-9-13-27)28-14-10-7-11-15-28/h6-22H,5H2,1-4H3. The van der Waals surface area contributed by atoms with E-state index in [9.17, 15) is 4.79 Å². The molecular weight excluding hydrogens is 470 g/mol. The summed E-state index contributed by atoms with van der Waals surface area (Å²) < 4.78 is 6.02. The molecular formula is C33H31N3O2. The highest BCUT2D eigenvalue weighted by Crippen LogP contribution is 2.34. The average Bonchev–Trinajstić information content (AvgIpc) is 3.22. The molecule has 0 N–H and O–H groups in total. The van der Waals surface area contributed by atoms with Crippen LogP contribution in [0.2, 0.25) is 0 Å². The van der Waals surface area contributed by atoms with Crippen LogP contribution in [0.1, 0.15) is 29.2 Å². The van der Waals surface area contributed by atoms with E-state index in [2.05, 4.69) is 60.4 Å². The zero-order valence-corrected chi connectivity index (χ0v) is 22.2. The van der Waals surface area contributed by atoms with Crippen LogP contribution in [0.4, 0.5) is 22.7 Å². The molecule has 0 bridgehead atoms. The molecule has 0 saturated carbocycles. The monoisotopic (exact) mass is 501 g/mol. The maximum Gasteiger partial charge on any atom is 0.305 e. The van der Waals surface area contributed by atoms with Gasteiger partial charge in [-0.1, -0.05) is 66.2 Å². The van der Waals surface area contributed by atoms with Gasteiger partial charge in [0.15, 0.2) is 5.76 Å². The Balaban J connectivity index is 1.45. The number of amides is 1. The van der Waals surface area contributed by atoms with E-state index in [4.69, 9.17) is 9.73 Å². The van der Waals surface area contributed by atoms with Crippen molar-refractivity contribution < 1.29 is 9.53 Å². The van der Waals surface area contributed by atoms with Gasteiger partial charge < -0.3 is 9.64 Å². The molecule has 5 nitrogen and oxygen atoms in total. The van der Waals surface area contributed by atoms with Gasteiger partial charge in [0, 0.05) is 23.6 Å². The molecule has 4 aromatic carbocycles. The highest BCUT2D eigenvalue weighted by Gasteiger charge is 2.34. The molecule has 190 valence electrons. The number of carbonyl (C=O) groups excluding carboxylic acids is 1. The second-order valence-corrected chi connectivity index (χ2v) is 9.40. The first-order valence-electron chi connectivity index (χ1n) is 12.8. The molecule has 0 aromatic heterocycles. The van der Waals surface area contributed by atoms with Gasteiger partial charge in [0.1, 0.15) is 0 Å². The molecule has 5 rings (SSSR count). The van der Waals surface area contributed by atoms with E-state index in [0.717, 1.165) is 39.4 Å². The van der Waals surface area contributed by atoms with Crippen molar-refractivity contribution >= 4 is 40.8 Å². The Labute approximate surface area is 224 Å². The minimum absolute atomic E-state index is 0.187. The maximum atomic E-state index is 13.2. The number of nitrogens with zero attached hydrogens (tertiary/aromatic N) is 3. The minimum atomic E-state index is -0.187. The summed E-state index contributed by atoms with van der Waals surface area (Å²) in [5, 5.41) is 0. The normalized spacial score (nSPS) is 15.3. The fourth-order valence-electron chi connectivity index (χ4n) is 4.79. The van der Waals surface area contributed by atoms with Crippen molar-refractivity contribution in [3.8, 4) is 0 Å². The Morgan fingerprint density at radius 2 is 1.32 bits per heavy atom. The van der Waals surface area contributed by atoms with E-state index in [0.29, 0.717) is 12.6 Å². The van der Waals surface area contributed by atoms with Crippen LogP contribution in [-0.2, 0) is 9.53 Å². The molecule has 0 spiro atoms. The number of hydrogen-bond acceptors (Lipinski definition) is 4. The number of carbonyl (C=O) groups is 1. The van der Waals surface area contributed by atoms with Crippen LogP contribution in [0.5, 0.6) is 0 Å². The fraction of sp³-hybridized carbons (Fsp3) is 0.152. The molecule has 1 saturated heterocycles. The van der Waals surface area contributed by atoms with Gasteiger partial charge >= 0.3 is 6.02 Å². The van der Waals surface area contributed by atoms with Gasteiger partial charge in [0.25, 0.3) is 5.91 Å². The number of aryl methyl sites for hydroxylation is 3. The van der Waals surface area contributed by atoms with Crippen molar-refractivity contribution in [1.82, 2.24) is 4.90 Å². The zero-order valence-electron chi connectivity index (χ0n) is 22.2. The first-order valence-corrected chi connectivity index (χ1v) is 12.8. The molecule has 1 heterocycles. The number of para-hydroxylation sites is 2. The van der Waals surface area contributed by atoms with Gasteiger partial charge in [-0.2, -0.15) is 4.99 Å². The molecule has 0 unspecified atom stereocenters. The Kier molecular flexibility index (Phi) is 7.09. The number of amidine groups is 1. The number of benzene rings is 4. The van der Waals surface area contributed by atoms with Crippen molar-refractivity contribution in [1.29, 1.82) is 0 Å². The van der Waals surface area contributed by atoms with Crippen LogP contribution in [0.3, 0.4) is 0 Å². The summed E-state index contributed by atoms with van der Waals surface area (Å²) in [6.07, 6.45) is 1.78. The summed E-state index contributed by atoms with van der Waals surface area (Å²) in [6, 6.07) is 33.1. The largest absolute Gasteiger partial charge is 0.419 e. The quantitative estimate of drug-likeness (QED) is 0.252. The van der Waals surface area contributed by atoms with E-state index in [-0.39, 0.29) is 11.7 Å². The summed E-state index contributed by atoms with van der Waals surface area (Å²) in [5.74, 6) is 0.0803. The smallest absolute Gasteiger partial charge is 0.305 e. The Morgan fingerprint density at radius 1 is 0.789 bits per heavy atom. The van der Waals surface area contributed by atoms with E-state index < -0.39 is 0 Å². The third kappa shape index (κ3) is 5.09. The van der Waals surface area contributed by atoms with E-state index in [1.807, 2.05) is 69.3 Å². The van der Waals surface area contributed by atoms with Gasteiger partial charge in [0.2, 0.25) is 0 Å². The van der Waals surface area contributed by atoms with Gasteiger partial charge in [-0.25, -0.2) is 0 Å². The maximum absolute atomic E-state index is 13.2. The SMILES string of the molecule is CCN1C(=O)C(=Cc2ccc(N(c3ccccc3)c3ccccc3)cc2)OC1=Nc1c(C)cc(C)cc1C. The molecule has 0 aliphatic carbocycles. The molecule has 4 aromatic rings. The lowest BCUT2D eigenvalue weighted by Gasteiger charge is -2.25. The second-order valence-electron chi connectivity index (χ2n) is 9.40. The third-order valence-electron chi connectivity index (χ3n) is 6.52. The van der Waals surface area contributed by atoms with Crippen LogP contribution >= 0.6 is 0 Å². The molecule has 0 atom stereocenters. The lowest BCUT2D eigenvalue weighted by atomic mass is 10.1. The van der Waals surface area contributed by atoms with Crippen molar-refractivity contribution in [2.24, 2.45) is 4.99 Å². The highest BCUT2D eigenvalue weighted by atomic mass is 16.5. The van der Waals surface area contributed by atoms with Gasteiger partial charge in [-0.15, -0.1) is 0 Å². The third-order valence-corrected chi connectivity index (χ3v) is 6.52. The predicted octanol–water partition coefficient (Wildman–Crippen LogP) is 7.99. The number of anilines is 3. The average molecular weight is 502 g/mol. The first-order chi connectivity index (χ1) is 18.4. The van der Waals surface area contributed by atoms with Crippen molar-refractivity contribution in [2.45, 2.75) is 27.7 Å². The summed E-state index contributed by atoms with van der Waals surface area (Å²) in [4.78, 5) is 21.7. The van der Waals surface area contributed by atoms with Gasteiger partial charge in [-0.05, 0) is 86.9 Å². The zero-order chi connectivity index (χ0) is 26.6.